The summed E-state index contributed by atoms with van der Waals surface area (Å²) in [5.74, 6) is 0.491. The Morgan fingerprint density at radius 3 is 2.16 bits per heavy atom. The first-order valence-electron chi connectivity index (χ1n) is 9.62. The molecule has 5 nitrogen and oxygen atoms in total. The maximum atomic E-state index is 12.7. The van der Waals surface area contributed by atoms with E-state index in [9.17, 15) is 13.2 Å². The number of benzene rings is 3. The van der Waals surface area contributed by atoms with E-state index in [1.165, 1.54) is 12.1 Å². The molecular formula is C23H23ClN2O3S2. The molecule has 0 fully saturated rings. The van der Waals surface area contributed by atoms with Crippen LogP contribution < -0.4 is 10.0 Å². The molecular weight excluding hydrogens is 452 g/mol. The molecule has 0 radical (unpaired) electrons. The van der Waals surface area contributed by atoms with Gasteiger partial charge < -0.3 is 5.32 Å². The topological polar surface area (TPSA) is 75.3 Å². The van der Waals surface area contributed by atoms with E-state index in [-0.39, 0.29) is 10.8 Å². The van der Waals surface area contributed by atoms with E-state index in [4.69, 9.17) is 11.6 Å². The number of halogens is 1. The van der Waals surface area contributed by atoms with E-state index in [2.05, 4.69) is 10.0 Å². The minimum Gasteiger partial charge on any atom is -0.326 e. The van der Waals surface area contributed by atoms with Gasteiger partial charge in [-0.15, -0.1) is 11.8 Å². The van der Waals surface area contributed by atoms with Crippen molar-refractivity contribution in [2.24, 2.45) is 0 Å². The van der Waals surface area contributed by atoms with E-state index in [1.807, 2.05) is 56.3 Å². The molecule has 31 heavy (non-hydrogen) atoms. The van der Waals surface area contributed by atoms with Gasteiger partial charge in [-0.2, -0.15) is 0 Å². The third-order valence-corrected chi connectivity index (χ3v) is 7.21. The Hall–Kier alpha value is -2.48. The maximum Gasteiger partial charge on any atom is 0.261 e. The van der Waals surface area contributed by atoms with Crippen LogP contribution in [0.2, 0.25) is 5.02 Å². The number of hydrogen-bond donors (Lipinski definition) is 2. The molecule has 0 aliphatic heterocycles. The SMILES string of the molecule is Cc1cccc(C)c1NS(=O)(=O)c1ccc(NC(=O)CCSc2ccc(Cl)cc2)cc1. The van der Waals surface area contributed by atoms with Gasteiger partial charge >= 0.3 is 0 Å². The lowest BCUT2D eigenvalue weighted by Gasteiger charge is -2.13. The largest absolute Gasteiger partial charge is 0.326 e. The van der Waals surface area contributed by atoms with E-state index >= 15 is 0 Å². The Morgan fingerprint density at radius 2 is 1.55 bits per heavy atom. The molecule has 0 unspecified atom stereocenters. The summed E-state index contributed by atoms with van der Waals surface area (Å²) in [7, 11) is -3.73. The quantitative estimate of drug-likeness (QED) is 0.400. The number of thioether (sulfide) groups is 1. The van der Waals surface area contributed by atoms with Crippen molar-refractivity contribution in [3.8, 4) is 0 Å². The fraction of sp³-hybridized carbons (Fsp3) is 0.174. The van der Waals surface area contributed by atoms with Gasteiger partial charge in [0.05, 0.1) is 10.6 Å². The van der Waals surface area contributed by atoms with E-state index in [0.717, 1.165) is 16.0 Å². The Labute approximate surface area is 192 Å². The third kappa shape index (κ3) is 6.50. The first kappa shape index (κ1) is 23.2. The number of sulfonamides is 1. The smallest absolute Gasteiger partial charge is 0.261 e. The second-order valence-electron chi connectivity index (χ2n) is 7.00. The van der Waals surface area contributed by atoms with Crippen LogP contribution in [0, 0.1) is 13.8 Å². The van der Waals surface area contributed by atoms with Crippen LogP contribution in [0.5, 0.6) is 0 Å². The van der Waals surface area contributed by atoms with Gasteiger partial charge in [-0.3, -0.25) is 9.52 Å². The Kier molecular flexibility index (Phi) is 7.64. The van der Waals surface area contributed by atoms with Crippen molar-refractivity contribution in [2.75, 3.05) is 15.8 Å². The molecule has 0 aliphatic rings. The van der Waals surface area contributed by atoms with Gasteiger partial charge in [0.15, 0.2) is 0 Å². The van der Waals surface area contributed by atoms with Gasteiger partial charge in [0.2, 0.25) is 5.91 Å². The average Bonchev–Trinajstić information content (AvgIpc) is 2.73. The van der Waals surface area contributed by atoms with E-state index in [0.29, 0.717) is 28.6 Å². The number of hydrogen-bond acceptors (Lipinski definition) is 4. The Balaban J connectivity index is 1.56. The predicted octanol–water partition coefficient (Wildman–Crippen LogP) is 5.88. The number of para-hydroxylation sites is 1. The molecule has 3 aromatic rings. The highest BCUT2D eigenvalue weighted by Gasteiger charge is 2.16. The highest BCUT2D eigenvalue weighted by Crippen LogP contribution is 2.24. The summed E-state index contributed by atoms with van der Waals surface area (Å²) in [4.78, 5) is 13.4. The van der Waals surface area contributed by atoms with E-state index < -0.39 is 10.0 Å². The van der Waals surface area contributed by atoms with Crippen LogP contribution in [-0.2, 0) is 14.8 Å². The van der Waals surface area contributed by atoms with Gasteiger partial charge in [-0.25, -0.2) is 8.42 Å². The normalized spacial score (nSPS) is 11.2. The number of amides is 1. The number of aryl methyl sites for hydroxylation is 2. The summed E-state index contributed by atoms with van der Waals surface area (Å²) in [5, 5.41) is 3.47. The minimum absolute atomic E-state index is 0.131. The standard InChI is InChI=1S/C23H23ClN2O3S2/c1-16-4-3-5-17(2)23(16)26-31(28,29)21-12-8-19(9-13-21)25-22(27)14-15-30-20-10-6-18(24)7-11-20/h3-13,26H,14-15H2,1-2H3,(H,25,27). The zero-order valence-corrected chi connectivity index (χ0v) is 19.6. The highest BCUT2D eigenvalue weighted by atomic mass is 35.5. The van der Waals surface area contributed by atoms with Crippen molar-refractivity contribution < 1.29 is 13.2 Å². The molecule has 0 saturated heterocycles. The van der Waals surface area contributed by atoms with Crippen LogP contribution in [0.4, 0.5) is 11.4 Å². The number of rotatable bonds is 8. The predicted molar refractivity (Wildman–Crippen MR) is 129 cm³/mol. The first-order chi connectivity index (χ1) is 14.7. The molecule has 0 heterocycles. The molecule has 0 bridgehead atoms. The molecule has 0 saturated carbocycles. The molecule has 3 rings (SSSR count). The molecule has 2 N–H and O–H groups in total. The molecule has 1 amide bonds. The van der Waals surface area contributed by atoms with Crippen LogP contribution in [0.3, 0.4) is 0 Å². The number of carbonyl (C=O) groups is 1. The summed E-state index contributed by atoms with van der Waals surface area (Å²) < 4.78 is 28.1. The number of anilines is 2. The lowest BCUT2D eigenvalue weighted by molar-refractivity contribution is -0.115. The third-order valence-electron chi connectivity index (χ3n) is 4.58. The molecule has 8 heteroatoms. The van der Waals surface area contributed by atoms with Crippen LogP contribution in [0.1, 0.15) is 17.5 Å². The second-order valence-corrected chi connectivity index (χ2v) is 10.3. The first-order valence-corrected chi connectivity index (χ1v) is 12.5. The molecule has 0 aliphatic carbocycles. The second kappa shape index (κ2) is 10.2. The monoisotopic (exact) mass is 474 g/mol. The van der Waals surface area contributed by atoms with Crippen molar-refractivity contribution in [1.82, 2.24) is 0 Å². The summed E-state index contributed by atoms with van der Waals surface area (Å²) in [6, 6.07) is 19.2. The van der Waals surface area contributed by atoms with Gasteiger partial charge in [0.25, 0.3) is 10.0 Å². The van der Waals surface area contributed by atoms with Gasteiger partial charge in [-0.05, 0) is 73.5 Å². The average molecular weight is 475 g/mol. The van der Waals surface area contributed by atoms with Gasteiger partial charge in [0.1, 0.15) is 0 Å². The zero-order chi connectivity index (χ0) is 22.4. The van der Waals surface area contributed by atoms with Gasteiger partial charge in [-0.1, -0.05) is 29.8 Å². The summed E-state index contributed by atoms with van der Waals surface area (Å²) >= 11 is 7.43. The van der Waals surface area contributed by atoms with Crippen molar-refractivity contribution in [3.05, 3.63) is 82.9 Å². The lowest BCUT2D eigenvalue weighted by Crippen LogP contribution is -2.15. The fourth-order valence-corrected chi connectivity index (χ4v) is 5.08. The van der Waals surface area contributed by atoms with Crippen LogP contribution >= 0.6 is 23.4 Å². The Morgan fingerprint density at radius 1 is 0.935 bits per heavy atom. The van der Waals surface area contributed by atoms with Crippen molar-refractivity contribution >= 4 is 50.7 Å². The van der Waals surface area contributed by atoms with Gasteiger partial charge in [0, 0.05) is 27.8 Å². The molecule has 0 spiro atoms. The zero-order valence-electron chi connectivity index (χ0n) is 17.2. The number of carbonyl (C=O) groups excluding carboxylic acids is 1. The molecule has 3 aromatic carbocycles. The van der Waals surface area contributed by atoms with E-state index in [1.54, 1.807) is 23.9 Å². The summed E-state index contributed by atoms with van der Waals surface area (Å²) in [6.45, 7) is 3.71. The minimum atomic E-state index is -3.73. The van der Waals surface area contributed by atoms with Crippen LogP contribution in [0.25, 0.3) is 0 Å². The van der Waals surface area contributed by atoms with Crippen molar-refractivity contribution in [2.45, 2.75) is 30.1 Å². The maximum absolute atomic E-state index is 12.7. The summed E-state index contributed by atoms with van der Waals surface area (Å²) in [5.41, 5.74) is 2.83. The Bertz CT molecular complexity index is 1140. The van der Waals surface area contributed by atoms with Crippen molar-refractivity contribution in [3.63, 3.8) is 0 Å². The summed E-state index contributed by atoms with van der Waals surface area (Å²) in [6.07, 6.45) is 0.335. The van der Waals surface area contributed by atoms with Crippen LogP contribution in [-0.4, -0.2) is 20.1 Å². The lowest BCUT2D eigenvalue weighted by atomic mass is 10.1. The van der Waals surface area contributed by atoms with Crippen molar-refractivity contribution in [1.29, 1.82) is 0 Å². The number of nitrogens with one attached hydrogen (secondary N) is 2. The highest BCUT2D eigenvalue weighted by molar-refractivity contribution is 7.99. The molecule has 0 atom stereocenters. The molecule has 0 aromatic heterocycles. The molecule has 162 valence electrons. The fourth-order valence-electron chi connectivity index (χ4n) is 2.90. The van der Waals surface area contributed by atoms with Crippen LogP contribution in [0.15, 0.2) is 76.5 Å².